The van der Waals surface area contributed by atoms with Crippen LogP contribution in [0.15, 0.2) is 27.6 Å². The van der Waals surface area contributed by atoms with Crippen molar-refractivity contribution in [2.75, 3.05) is 18.9 Å². The number of sulfonamides is 1. The van der Waals surface area contributed by atoms with Crippen LogP contribution in [0.2, 0.25) is 0 Å². The van der Waals surface area contributed by atoms with E-state index in [9.17, 15) is 8.42 Å². The van der Waals surface area contributed by atoms with Crippen LogP contribution in [0.4, 0.5) is 5.69 Å². The minimum absolute atomic E-state index is 0.187. The van der Waals surface area contributed by atoms with E-state index in [1.54, 1.807) is 25.1 Å². The third-order valence-electron chi connectivity index (χ3n) is 4.51. The van der Waals surface area contributed by atoms with Crippen LogP contribution in [0.5, 0.6) is 11.5 Å². The fourth-order valence-electron chi connectivity index (χ4n) is 2.98. The molecule has 1 N–H and O–H groups in total. The monoisotopic (exact) mass is 422 g/mol. The standard InChI is InChI=1S/C19H22N2O5S2/c1-10-11(2)20-26-18(10)17-12(3)27-13(4)19(17)28(22,23)21-15-8-7-14(24-5)9-16(15)25-6/h7-9,21H,1-6H3. The molecule has 1 aromatic carbocycles. The number of aryl methyl sites for hydroxylation is 3. The summed E-state index contributed by atoms with van der Waals surface area (Å²) >= 11 is 1.40. The molecule has 0 saturated carbocycles. The third-order valence-corrected chi connectivity index (χ3v) is 7.20. The number of thiophene rings is 1. The van der Waals surface area contributed by atoms with E-state index in [1.165, 1.54) is 25.6 Å². The number of methoxy groups -OCH3 is 2. The smallest absolute Gasteiger partial charge is 0.263 e. The molecule has 0 bridgehead atoms. The number of hydrogen-bond acceptors (Lipinski definition) is 7. The summed E-state index contributed by atoms with van der Waals surface area (Å²) in [6.45, 7) is 7.34. The van der Waals surface area contributed by atoms with Gasteiger partial charge in [-0.25, -0.2) is 8.42 Å². The largest absolute Gasteiger partial charge is 0.497 e. The molecular weight excluding hydrogens is 400 g/mol. The summed E-state index contributed by atoms with van der Waals surface area (Å²) in [7, 11) is -0.907. The van der Waals surface area contributed by atoms with Crippen LogP contribution in [-0.4, -0.2) is 27.8 Å². The number of anilines is 1. The van der Waals surface area contributed by atoms with Crippen molar-refractivity contribution in [3.8, 4) is 22.8 Å². The average molecular weight is 423 g/mol. The maximum Gasteiger partial charge on any atom is 0.263 e. The molecule has 0 fully saturated rings. The normalized spacial score (nSPS) is 11.5. The first-order chi connectivity index (χ1) is 13.2. The summed E-state index contributed by atoms with van der Waals surface area (Å²) in [6, 6.07) is 4.89. The Morgan fingerprint density at radius 3 is 2.36 bits per heavy atom. The van der Waals surface area contributed by atoms with Gasteiger partial charge >= 0.3 is 0 Å². The summed E-state index contributed by atoms with van der Waals surface area (Å²) in [5.74, 6) is 1.40. The highest BCUT2D eigenvalue weighted by molar-refractivity contribution is 7.93. The zero-order valence-electron chi connectivity index (χ0n) is 16.5. The minimum Gasteiger partial charge on any atom is -0.497 e. The molecule has 7 nitrogen and oxygen atoms in total. The molecule has 9 heteroatoms. The van der Waals surface area contributed by atoms with Crippen LogP contribution in [-0.2, 0) is 10.0 Å². The molecule has 3 aromatic rings. The number of ether oxygens (including phenoxy) is 2. The van der Waals surface area contributed by atoms with Crippen molar-refractivity contribution in [2.24, 2.45) is 0 Å². The van der Waals surface area contributed by atoms with Gasteiger partial charge in [0.15, 0.2) is 5.76 Å². The molecule has 2 aromatic heterocycles. The lowest BCUT2D eigenvalue weighted by molar-refractivity contribution is 0.395. The Kier molecular flexibility index (Phi) is 5.40. The number of nitrogens with one attached hydrogen (secondary N) is 1. The number of benzene rings is 1. The molecule has 0 aliphatic rings. The van der Waals surface area contributed by atoms with Gasteiger partial charge in [0.25, 0.3) is 10.0 Å². The van der Waals surface area contributed by atoms with Crippen LogP contribution in [0, 0.1) is 27.7 Å². The molecule has 2 heterocycles. The highest BCUT2D eigenvalue weighted by Gasteiger charge is 2.30. The quantitative estimate of drug-likeness (QED) is 0.631. The number of aromatic nitrogens is 1. The van der Waals surface area contributed by atoms with Gasteiger partial charge in [0.05, 0.1) is 31.2 Å². The second-order valence-electron chi connectivity index (χ2n) is 6.31. The number of hydrogen-bond donors (Lipinski definition) is 1. The van der Waals surface area contributed by atoms with E-state index in [-0.39, 0.29) is 4.90 Å². The van der Waals surface area contributed by atoms with E-state index in [4.69, 9.17) is 14.0 Å². The Hall–Kier alpha value is -2.52. The Bertz CT molecular complexity index is 1130. The van der Waals surface area contributed by atoms with Gasteiger partial charge in [-0.1, -0.05) is 5.16 Å². The van der Waals surface area contributed by atoms with Crippen LogP contribution in [0.25, 0.3) is 11.3 Å². The summed E-state index contributed by atoms with van der Waals surface area (Å²) in [4.78, 5) is 1.70. The molecule has 0 amide bonds. The lowest BCUT2D eigenvalue weighted by Gasteiger charge is -2.14. The molecule has 3 rings (SSSR count). The van der Waals surface area contributed by atoms with E-state index in [0.717, 1.165) is 16.1 Å². The van der Waals surface area contributed by atoms with Gasteiger partial charge in [0.1, 0.15) is 16.4 Å². The predicted molar refractivity (Wildman–Crippen MR) is 109 cm³/mol. The molecule has 0 radical (unpaired) electrons. The Morgan fingerprint density at radius 1 is 1.07 bits per heavy atom. The lowest BCUT2D eigenvalue weighted by atomic mass is 10.1. The molecule has 0 atom stereocenters. The van der Waals surface area contributed by atoms with Crippen molar-refractivity contribution in [3.63, 3.8) is 0 Å². The summed E-state index contributed by atoms with van der Waals surface area (Å²) in [5.41, 5.74) is 2.41. The maximum absolute atomic E-state index is 13.3. The maximum atomic E-state index is 13.3. The van der Waals surface area contributed by atoms with E-state index in [1.807, 2.05) is 20.8 Å². The zero-order valence-corrected chi connectivity index (χ0v) is 18.2. The first-order valence-corrected chi connectivity index (χ1v) is 10.8. The van der Waals surface area contributed by atoms with Crippen molar-refractivity contribution < 1.29 is 22.4 Å². The van der Waals surface area contributed by atoms with Crippen molar-refractivity contribution in [1.82, 2.24) is 5.16 Å². The third kappa shape index (κ3) is 3.47. The molecule has 28 heavy (non-hydrogen) atoms. The van der Waals surface area contributed by atoms with Crippen molar-refractivity contribution >= 4 is 27.0 Å². The Morgan fingerprint density at radius 2 is 1.79 bits per heavy atom. The van der Waals surface area contributed by atoms with Gasteiger partial charge in [-0.15, -0.1) is 11.3 Å². The highest BCUT2D eigenvalue weighted by Crippen LogP contribution is 2.42. The van der Waals surface area contributed by atoms with Crippen molar-refractivity contribution in [1.29, 1.82) is 0 Å². The first kappa shape index (κ1) is 20.2. The van der Waals surface area contributed by atoms with E-state index in [0.29, 0.717) is 33.4 Å². The molecule has 0 aliphatic heterocycles. The van der Waals surface area contributed by atoms with E-state index in [2.05, 4.69) is 9.88 Å². The Labute approximate surface area is 168 Å². The second-order valence-corrected chi connectivity index (χ2v) is 9.36. The zero-order chi connectivity index (χ0) is 20.6. The Balaban J connectivity index is 2.13. The van der Waals surface area contributed by atoms with Crippen molar-refractivity contribution in [2.45, 2.75) is 32.6 Å². The molecule has 0 aliphatic carbocycles. The SMILES string of the molecule is COc1ccc(NS(=O)(=O)c2c(C)sc(C)c2-c2onc(C)c2C)c(OC)c1. The van der Waals surface area contributed by atoms with E-state index >= 15 is 0 Å². The predicted octanol–water partition coefficient (Wildman–Crippen LogP) is 4.45. The minimum atomic E-state index is -3.91. The first-order valence-electron chi connectivity index (χ1n) is 8.47. The highest BCUT2D eigenvalue weighted by atomic mass is 32.2. The van der Waals surface area contributed by atoms with Gasteiger partial charge in [0.2, 0.25) is 0 Å². The topological polar surface area (TPSA) is 90.7 Å². The molecule has 0 spiro atoms. The molecular formula is C19H22N2O5S2. The van der Waals surface area contributed by atoms with Crippen LogP contribution in [0.3, 0.4) is 0 Å². The van der Waals surface area contributed by atoms with Crippen LogP contribution < -0.4 is 14.2 Å². The molecule has 150 valence electrons. The van der Waals surface area contributed by atoms with Gasteiger partial charge in [-0.3, -0.25) is 4.72 Å². The van der Waals surface area contributed by atoms with Gasteiger partial charge < -0.3 is 14.0 Å². The number of rotatable bonds is 6. The fraction of sp³-hybridized carbons (Fsp3) is 0.316. The van der Waals surface area contributed by atoms with Gasteiger partial charge in [0, 0.05) is 21.4 Å². The van der Waals surface area contributed by atoms with Crippen LogP contribution in [0.1, 0.15) is 21.0 Å². The van der Waals surface area contributed by atoms with Gasteiger partial charge in [-0.2, -0.15) is 0 Å². The average Bonchev–Trinajstić information content (AvgIpc) is 3.13. The fourth-order valence-corrected chi connectivity index (χ4v) is 5.90. The van der Waals surface area contributed by atoms with E-state index < -0.39 is 10.0 Å². The number of nitrogens with zero attached hydrogens (tertiary/aromatic N) is 1. The molecule has 0 saturated heterocycles. The van der Waals surface area contributed by atoms with Crippen LogP contribution >= 0.6 is 11.3 Å². The second kappa shape index (κ2) is 7.48. The summed E-state index contributed by atoms with van der Waals surface area (Å²) in [6.07, 6.45) is 0. The molecule has 0 unspecified atom stereocenters. The lowest BCUT2D eigenvalue weighted by Crippen LogP contribution is -2.15. The summed E-state index contributed by atoms with van der Waals surface area (Å²) in [5, 5.41) is 3.98. The van der Waals surface area contributed by atoms with Crippen molar-refractivity contribution in [3.05, 3.63) is 39.2 Å². The summed E-state index contributed by atoms with van der Waals surface area (Å²) < 4.78 is 45.2. The van der Waals surface area contributed by atoms with Gasteiger partial charge in [-0.05, 0) is 39.8 Å².